The normalized spacial score (nSPS) is 15.9. The van der Waals surface area contributed by atoms with Gasteiger partial charge >= 0.3 is 0 Å². The van der Waals surface area contributed by atoms with Crippen LogP contribution in [0.1, 0.15) is 5.56 Å². The Labute approximate surface area is 106 Å². The van der Waals surface area contributed by atoms with Crippen LogP contribution in [-0.2, 0) is 4.74 Å². The SMILES string of the molecule is Cc1cc(-c2cn[nH]c2)nc(N2CCOCC2)c1. The van der Waals surface area contributed by atoms with Crippen LogP contribution in [0, 0.1) is 6.92 Å². The van der Waals surface area contributed by atoms with Gasteiger partial charge in [0.2, 0.25) is 0 Å². The fraction of sp³-hybridized carbons (Fsp3) is 0.385. The summed E-state index contributed by atoms with van der Waals surface area (Å²) in [4.78, 5) is 6.97. The van der Waals surface area contributed by atoms with Crippen molar-refractivity contribution < 1.29 is 4.74 Å². The maximum absolute atomic E-state index is 5.37. The fourth-order valence-electron chi connectivity index (χ4n) is 2.14. The first-order valence-corrected chi connectivity index (χ1v) is 6.13. The zero-order chi connectivity index (χ0) is 12.4. The third kappa shape index (κ3) is 2.22. The van der Waals surface area contributed by atoms with Crippen LogP contribution in [0.5, 0.6) is 0 Å². The molecule has 0 spiro atoms. The predicted octanol–water partition coefficient (Wildman–Crippen LogP) is 1.62. The van der Waals surface area contributed by atoms with Crippen molar-refractivity contribution in [1.82, 2.24) is 15.2 Å². The number of nitrogens with one attached hydrogen (secondary N) is 1. The van der Waals surface area contributed by atoms with Gasteiger partial charge in [-0.25, -0.2) is 4.98 Å². The monoisotopic (exact) mass is 244 g/mol. The average molecular weight is 244 g/mol. The van der Waals surface area contributed by atoms with Crippen molar-refractivity contribution in [2.24, 2.45) is 0 Å². The van der Waals surface area contributed by atoms with E-state index in [2.05, 4.69) is 34.2 Å². The van der Waals surface area contributed by atoms with E-state index in [0.717, 1.165) is 43.4 Å². The van der Waals surface area contributed by atoms with Gasteiger partial charge in [-0.05, 0) is 24.6 Å². The number of rotatable bonds is 2. The minimum Gasteiger partial charge on any atom is -0.378 e. The average Bonchev–Trinajstić information content (AvgIpc) is 2.93. The number of nitrogens with zero attached hydrogens (tertiary/aromatic N) is 3. The lowest BCUT2D eigenvalue weighted by Gasteiger charge is -2.28. The van der Waals surface area contributed by atoms with Gasteiger partial charge in [-0.1, -0.05) is 0 Å². The number of hydrogen-bond acceptors (Lipinski definition) is 4. The maximum Gasteiger partial charge on any atom is 0.129 e. The molecule has 18 heavy (non-hydrogen) atoms. The molecule has 0 atom stereocenters. The van der Waals surface area contributed by atoms with Gasteiger partial charge in [0.15, 0.2) is 0 Å². The smallest absolute Gasteiger partial charge is 0.129 e. The summed E-state index contributed by atoms with van der Waals surface area (Å²) < 4.78 is 5.37. The van der Waals surface area contributed by atoms with Crippen molar-refractivity contribution in [2.45, 2.75) is 6.92 Å². The molecule has 3 rings (SSSR count). The molecule has 1 aliphatic heterocycles. The van der Waals surface area contributed by atoms with E-state index in [4.69, 9.17) is 9.72 Å². The lowest BCUT2D eigenvalue weighted by molar-refractivity contribution is 0.122. The zero-order valence-electron chi connectivity index (χ0n) is 10.4. The van der Waals surface area contributed by atoms with Crippen LogP contribution in [0.25, 0.3) is 11.3 Å². The second-order valence-corrected chi connectivity index (χ2v) is 4.47. The predicted molar refractivity (Wildman–Crippen MR) is 69.6 cm³/mol. The molecule has 1 N–H and O–H groups in total. The van der Waals surface area contributed by atoms with Gasteiger partial charge in [-0.3, -0.25) is 5.10 Å². The number of morpholine rings is 1. The van der Waals surface area contributed by atoms with Gasteiger partial charge < -0.3 is 9.64 Å². The van der Waals surface area contributed by atoms with Crippen molar-refractivity contribution in [3.8, 4) is 11.3 Å². The number of ether oxygens (including phenoxy) is 1. The van der Waals surface area contributed by atoms with Crippen LogP contribution < -0.4 is 4.90 Å². The highest BCUT2D eigenvalue weighted by Gasteiger charge is 2.14. The van der Waals surface area contributed by atoms with E-state index < -0.39 is 0 Å². The van der Waals surface area contributed by atoms with E-state index in [0.29, 0.717) is 0 Å². The maximum atomic E-state index is 5.37. The van der Waals surface area contributed by atoms with Crippen LogP contribution in [0.4, 0.5) is 5.82 Å². The van der Waals surface area contributed by atoms with Gasteiger partial charge in [-0.2, -0.15) is 5.10 Å². The molecule has 2 aromatic rings. The molecule has 5 nitrogen and oxygen atoms in total. The molecule has 0 bridgehead atoms. The summed E-state index contributed by atoms with van der Waals surface area (Å²) in [6.45, 7) is 5.45. The molecular weight excluding hydrogens is 228 g/mol. The highest BCUT2D eigenvalue weighted by atomic mass is 16.5. The Morgan fingerprint density at radius 2 is 2.11 bits per heavy atom. The molecule has 2 aromatic heterocycles. The van der Waals surface area contributed by atoms with Crippen LogP contribution in [-0.4, -0.2) is 41.5 Å². The van der Waals surface area contributed by atoms with Gasteiger partial charge in [0.25, 0.3) is 0 Å². The topological polar surface area (TPSA) is 54.0 Å². The number of anilines is 1. The van der Waals surface area contributed by atoms with Gasteiger partial charge in [0.05, 0.1) is 25.1 Å². The Bertz CT molecular complexity index is 518. The molecule has 0 radical (unpaired) electrons. The largest absolute Gasteiger partial charge is 0.378 e. The molecule has 1 fully saturated rings. The van der Waals surface area contributed by atoms with Crippen molar-refractivity contribution >= 4 is 5.82 Å². The third-order valence-electron chi connectivity index (χ3n) is 3.09. The van der Waals surface area contributed by atoms with Gasteiger partial charge in [0, 0.05) is 24.8 Å². The second-order valence-electron chi connectivity index (χ2n) is 4.47. The standard InChI is InChI=1S/C13H16N4O/c1-10-6-12(11-8-14-15-9-11)16-13(7-10)17-2-4-18-5-3-17/h6-9H,2-5H2,1H3,(H,14,15). The van der Waals surface area contributed by atoms with Crippen molar-refractivity contribution in [3.05, 3.63) is 30.1 Å². The fourth-order valence-corrected chi connectivity index (χ4v) is 2.14. The quantitative estimate of drug-likeness (QED) is 0.872. The first-order valence-electron chi connectivity index (χ1n) is 6.13. The summed E-state index contributed by atoms with van der Waals surface area (Å²) in [5.41, 5.74) is 3.20. The minimum absolute atomic E-state index is 0.774. The van der Waals surface area contributed by atoms with E-state index in [1.54, 1.807) is 6.20 Å². The third-order valence-corrected chi connectivity index (χ3v) is 3.09. The summed E-state index contributed by atoms with van der Waals surface area (Å²) >= 11 is 0. The molecule has 3 heterocycles. The first-order chi connectivity index (χ1) is 8.83. The Balaban J connectivity index is 1.95. The van der Waals surface area contributed by atoms with Crippen molar-refractivity contribution in [3.63, 3.8) is 0 Å². The molecule has 5 heteroatoms. The van der Waals surface area contributed by atoms with Crippen LogP contribution in [0.2, 0.25) is 0 Å². The minimum atomic E-state index is 0.774. The molecule has 0 unspecified atom stereocenters. The van der Waals surface area contributed by atoms with E-state index in [1.807, 2.05) is 6.20 Å². The van der Waals surface area contributed by atoms with Crippen LogP contribution in [0.3, 0.4) is 0 Å². The molecule has 0 amide bonds. The number of hydrogen-bond donors (Lipinski definition) is 1. The van der Waals surface area contributed by atoms with E-state index in [-0.39, 0.29) is 0 Å². The highest BCUT2D eigenvalue weighted by Crippen LogP contribution is 2.22. The highest BCUT2D eigenvalue weighted by molar-refractivity contribution is 5.61. The molecule has 0 aliphatic carbocycles. The van der Waals surface area contributed by atoms with Crippen LogP contribution in [0.15, 0.2) is 24.5 Å². The number of aryl methyl sites for hydroxylation is 1. The lowest BCUT2D eigenvalue weighted by atomic mass is 10.1. The number of pyridine rings is 1. The van der Waals surface area contributed by atoms with E-state index in [1.165, 1.54) is 5.56 Å². The second kappa shape index (κ2) is 4.78. The summed E-state index contributed by atoms with van der Waals surface area (Å²) in [6, 6.07) is 4.20. The number of aromatic amines is 1. The Morgan fingerprint density at radius 3 is 2.83 bits per heavy atom. The molecule has 0 saturated carbocycles. The Hall–Kier alpha value is -1.88. The Morgan fingerprint density at radius 1 is 1.28 bits per heavy atom. The Kier molecular flexibility index (Phi) is 2.98. The summed E-state index contributed by atoms with van der Waals surface area (Å²) in [5.74, 6) is 1.02. The molecule has 94 valence electrons. The zero-order valence-corrected chi connectivity index (χ0v) is 10.4. The van der Waals surface area contributed by atoms with Gasteiger partial charge in [-0.15, -0.1) is 0 Å². The van der Waals surface area contributed by atoms with E-state index >= 15 is 0 Å². The number of H-pyrrole nitrogens is 1. The summed E-state index contributed by atoms with van der Waals surface area (Å²) in [5, 5.41) is 6.79. The van der Waals surface area contributed by atoms with Crippen molar-refractivity contribution in [2.75, 3.05) is 31.2 Å². The first kappa shape index (κ1) is 11.2. The summed E-state index contributed by atoms with van der Waals surface area (Å²) in [6.07, 6.45) is 3.66. The summed E-state index contributed by atoms with van der Waals surface area (Å²) in [7, 11) is 0. The van der Waals surface area contributed by atoms with Gasteiger partial charge in [0.1, 0.15) is 5.82 Å². The van der Waals surface area contributed by atoms with Crippen molar-refractivity contribution in [1.29, 1.82) is 0 Å². The molecule has 0 aromatic carbocycles. The molecular formula is C13H16N4O. The lowest BCUT2D eigenvalue weighted by Crippen LogP contribution is -2.36. The van der Waals surface area contributed by atoms with E-state index in [9.17, 15) is 0 Å². The number of aromatic nitrogens is 3. The molecule has 1 aliphatic rings. The van der Waals surface area contributed by atoms with Crippen LogP contribution >= 0.6 is 0 Å². The molecule has 1 saturated heterocycles.